The highest BCUT2D eigenvalue weighted by atomic mass is 32.1. The monoisotopic (exact) mass is 212 g/mol. The average Bonchev–Trinajstić information content (AvgIpc) is 2.49. The maximum atomic E-state index is 9.55. The highest BCUT2D eigenvalue weighted by molar-refractivity contribution is 7.09. The summed E-state index contributed by atoms with van der Waals surface area (Å²) in [7, 11) is 0. The first-order chi connectivity index (χ1) is 6.59. The van der Waals surface area contributed by atoms with Gasteiger partial charge in [-0.15, -0.1) is 11.3 Å². The lowest BCUT2D eigenvalue weighted by Crippen LogP contribution is -2.59. The minimum atomic E-state index is -0.469. The number of likely N-dealkylation sites (tertiary alicyclic amines) is 1. The summed E-state index contributed by atoms with van der Waals surface area (Å²) >= 11 is 1.73. The van der Waals surface area contributed by atoms with Crippen LogP contribution in [0.25, 0.3) is 0 Å². The molecule has 3 nitrogen and oxygen atoms in total. The van der Waals surface area contributed by atoms with Crippen LogP contribution in [-0.2, 0) is 13.0 Å². The number of aromatic nitrogens is 1. The molecule has 0 unspecified atom stereocenters. The van der Waals surface area contributed by atoms with E-state index in [2.05, 4.69) is 22.2 Å². The third kappa shape index (κ3) is 2.13. The highest BCUT2D eigenvalue weighted by Crippen LogP contribution is 2.22. The summed E-state index contributed by atoms with van der Waals surface area (Å²) in [6.07, 6.45) is 1.02. The van der Waals surface area contributed by atoms with Crippen molar-refractivity contribution in [1.29, 1.82) is 0 Å². The summed E-state index contributed by atoms with van der Waals surface area (Å²) in [5.41, 5.74) is 0.672. The van der Waals surface area contributed by atoms with Gasteiger partial charge in [0.15, 0.2) is 0 Å². The van der Waals surface area contributed by atoms with Crippen LogP contribution in [0.1, 0.15) is 24.5 Å². The first kappa shape index (κ1) is 10.1. The minimum Gasteiger partial charge on any atom is -0.388 e. The second-order valence-electron chi connectivity index (χ2n) is 4.23. The number of aryl methyl sites for hydroxylation is 1. The van der Waals surface area contributed by atoms with E-state index in [1.807, 2.05) is 6.92 Å². The quantitative estimate of drug-likeness (QED) is 0.819. The summed E-state index contributed by atoms with van der Waals surface area (Å²) in [4.78, 5) is 6.71. The number of aliphatic hydroxyl groups is 1. The smallest absolute Gasteiger partial charge is 0.0926 e. The van der Waals surface area contributed by atoms with Crippen molar-refractivity contribution in [2.75, 3.05) is 13.1 Å². The van der Waals surface area contributed by atoms with E-state index >= 15 is 0 Å². The van der Waals surface area contributed by atoms with Gasteiger partial charge in [0.2, 0.25) is 0 Å². The van der Waals surface area contributed by atoms with E-state index in [9.17, 15) is 5.11 Å². The van der Waals surface area contributed by atoms with Gasteiger partial charge in [0.1, 0.15) is 0 Å². The first-order valence-corrected chi connectivity index (χ1v) is 5.85. The number of hydrogen-bond donors (Lipinski definition) is 1. The topological polar surface area (TPSA) is 36.4 Å². The Kier molecular flexibility index (Phi) is 2.60. The summed E-state index contributed by atoms with van der Waals surface area (Å²) in [5, 5.41) is 12.9. The molecule has 2 heterocycles. The molecular weight excluding hydrogens is 196 g/mol. The number of nitrogens with zero attached hydrogens (tertiary/aromatic N) is 2. The molecule has 0 aliphatic carbocycles. The second-order valence-corrected chi connectivity index (χ2v) is 5.17. The van der Waals surface area contributed by atoms with Gasteiger partial charge in [-0.3, -0.25) is 4.90 Å². The molecule has 14 heavy (non-hydrogen) atoms. The van der Waals surface area contributed by atoms with E-state index in [0.29, 0.717) is 0 Å². The lowest BCUT2D eigenvalue weighted by Gasteiger charge is -2.43. The zero-order chi connectivity index (χ0) is 10.2. The Morgan fingerprint density at radius 2 is 2.36 bits per heavy atom. The molecular formula is C10H16N2OS. The molecule has 2 rings (SSSR count). The number of hydrogen-bond acceptors (Lipinski definition) is 4. The normalized spacial score (nSPS) is 20.8. The molecule has 0 bridgehead atoms. The molecule has 1 aliphatic heterocycles. The second kappa shape index (κ2) is 3.61. The van der Waals surface area contributed by atoms with Crippen molar-refractivity contribution in [2.45, 2.75) is 32.4 Å². The van der Waals surface area contributed by atoms with Crippen molar-refractivity contribution >= 4 is 11.3 Å². The summed E-state index contributed by atoms with van der Waals surface area (Å²) < 4.78 is 0. The van der Waals surface area contributed by atoms with Crippen LogP contribution in [0, 0.1) is 0 Å². The maximum absolute atomic E-state index is 9.55. The third-order valence-corrected chi connectivity index (χ3v) is 3.46. The van der Waals surface area contributed by atoms with Crippen LogP contribution in [0.3, 0.4) is 0 Å². The predicted molar refractivity (Wildman–Crippen MR) is 57.4 cm³/mol. The molecule has 1 aromatic rings. The van der Waals surface area contributed by atoms with Gasteiger partial charge in [0.25, 0.3) is 0 Å². The Morgan fingerprint density at radius 1 is 1.64 bits per heavy atom. The molecule has 0 atom stereocenters. The average molecular weight is 212 g/mol. The number of thiazole rings is 1. The van der Waals surface area contributed by atoms with E-state index < -0.39 is 5.60 Å². The predicted octanol–water partition coefficient (Wildman–Crippen LogP) is 1.27. The molecule has 0 spiro atoms. The van der Waals surface area contributed by atoms with Gasteiger partial charge >= 0.3 is 0 Å². The molecule has 0 radical (unpaired) electrons. The van der Waals surface area contributed by atoms with Gasteiger partial charge in [0.05, 0.1) is 16.3 Å². The Balaban J connectivity index is 1.87. The van der Waals surface area contributed by atoms with Crippen molar-refractivity contribution in [3.8, 4) is 0 Å². The van der Waals surface area contributed by atoms with Crippen molar-refractivity contribution in [1.82, 2.24) is 9.88 Å². The van der Waals surface area contributed by atoms with Crippen LogP contribution in [0.5, 0.6) is 0 Å². The fourth-order valence-electron chi connectivity index (χ4n) is 1.84. The Bertz CT molecular complexity index is 314. The molecule has 4 heteroatoms. The lowest BCUT2D eigenvalue weighted by molar-refractivity contribution is -0.0875. The van der Waals surface area contributed by atoms with Crippen LogP contribution >= 0.6 is 11.3 Å². The van der Waals surface area contributed by atoms with E-state index in [1.54, 1.807) is 11.3 Å². The SMILES string of the molecule is CCc1nc(CN2CC(C)(O)C2)cs1. The van der Waals surface area contributed by atoms with Crippen molar-refractivity contribution in [3.63, 3.8) is 0 Å². The Morgan fingerprint density at radius 3 is 2.86 bits per heavy atom. The zero-order valence-electron chi connectivity index (χ0n) is 8.66. The fourth-order valence-corrected chi connectivity index (χ4v) is 2.58. The molecule has 1 saturated heterocycles. The van der Waals surface area contributed by atoms with Crippen LogP contribution in [0.4, 0.5) is 0 Å². The van der Waals surface area contributed by atoms with Gasteiger partial charge < -0.3 is 5.11 Å². The van der Waals surface area contributed by atoms with Crippen molar-refractivity contribution in [2.24, 2.45) is 0 Å². The minimum absolute atomic E-state index is 0.469. The molecule has 1 aliphatic rings. The van der Waals surface area contributed by atoms with Crippen LogP contribution < -0.4 is 0 Å². The molecule has 1 N–H and O–H groups in total. The van der Waals surface area contributed by atoms with E-state index in [1.165, 1.54) is 5.01 Å². The Labute approximate surface area is 88.4 Å². The van der Waals surface area contributed by atoms with Gasteiger partial charge in [-0.05, 0) is 13.3 Å². The first-order valence-electron chi connectivity index (χ1n) is 4.97. The van der Waals surface area contributed by atoms with Crippen LogP contribution in [0.2, 0.25) is 0 Å². The van der Waals surface area contributed by atoms with Gasteiger partial charge in [-0.2, -0.15) is 0 Å². The molecule has 1 aromatic heterocycles. The summed E-state index contributed by atoms with van der Waals surface area (Å²) in [6, 6.07) is 0. The van der Waals surface area contributed by atoms with Crippen molar-refractivity contribution < 1.29 is 5.11 Å². The molecule has 0 amide bonds. The fraction of sp³-hybridized carbons (Fsp3) is 0.700. The van der Waals surface area contributed by atoms with Crippen LogP contribution in [-0.4, -0.2) is 33.7 Å². The number of rotatable bonds is 3. The van der Waals surface area contributed by atoms with Gasteiger partial charge in [0, 0.05) is 25.0 Å². The highest BCUT2D eigenvalue weighted by Gasteiger charge is 2.36. The third-order valence-electron chi connectivity index (χ3n) is 2.42. The molecule has 1 fully saturated rings. The van der Waals surface area contributed by atoms with E-state index in [-0.39, 0.29) is 0 Å². The van der Waals surface area contributed by atoms with E-state index in [0.717, 1.165) is 31.7 Å². The van der Waals surface area contributed by atoms with Crippen molar-refractivity contribution in [3.05, 3.63) is 16.1 Å². The zero-order valence-corrected chi connectivity index (χ0v) is 9.47. The largest absolute Gasteiger partial charge is 0.388 e. The molecule has 0 saturated carbocycles. The standard InChI is InChI=1S/C10H16N2OS/c1-3-9-11-8(5-14-9)4-12-6-10(2,13)7-12/h5,13H,3-4,6-7H2,1-2H3. The van der Waals surface area contributed by atoms with Gasteiger partial charge in [-0.25, -0.2) is 4.98 Å². The lowest BCUT2D eigenvalue weighted by atomic mass is 9.97. The molecule has 0 aromatic carbocycles. The maximum Gasteiger partial charge on any atom is 0.0926 e. The summed E-state index contributed by atoms with van der Waals surface area (Å²) in [5.74, 6) is 0. The van der Waals surface area contributed by atoms with E-state index in [4.69, 9.17) is 0 Å². The molecule has 78 valence electrons. The van der Waals surface area contributed by atoms with Crippen LogP contribution in [0.15, 0.2) is 5.38 Å². The summed E-state index contributed by atoms with van der Waals surface area (Å²) in [6.45, 7) is 6.42. The van der Waals surface area contributed by atoms with Gasteiger partial charge in [-0.1, -0.05) is 6.92 Å². The number of β-amino-alcohol motifs (C(OH)–C–C–N with tert-alkyl or cyclic N) is 1. The Hall–Kier alpha value is -0.450.